The van der Waals surface area contributed by atoms with Crippen molar-refractivity contribution in [2.45, 2.75) is 36.0 Å². The van der Waals surface area contributed by atoms with Crippen LogP contribution in [0.25, 0.3) is 0 Å². The second kappa shape index (κ2) is 4.08. The summed E-state index contributed by atoms with van der Waals surface area (Å²) in [7, 11) is 0. The Morgan fingerprint density at radius 3 is 2.80 bits per heavy atom. The van der Waals surface area contributed by atoms with Crippen LogP contribution in [-0.4, -0.2) is 0 Å². The molecule has 3 rings (SSSR count). The van der Waals surface area contributed by atoms with E-state index >= 15 is 0 Å². The molecule has 1 aromatic carbocycles. The monoisotopic (exact) mass is 312 g/mol. The van der Waals surface area contributed by atoms with Crippen LogP contribution < -0.4 is 0 Å². The summed E-state index contributed by atoms with van der Waals surface area (Å²) in [5.74, 6) is 1.95. The third-order valence-corrected chi connectivity index (χ3v) is 5.77. The van der Waals surface area contributed by atoms with Gasteiger partial charge in [0.1, 0.15) is 0 Å². The summed E-state index contributed by atoms with van der Waals surface area (Å²) in [6.45, 7) is 0. The van der Waals surface area contributed by atoms with Gasteiger partial charge in [-0.15, -0.1) is 0 Å². The van der Waals surface area contributed by atoms with Crippen LogP contribution in [0.3, 0.4) is 0 Å². The fraction of sp³-hybridized carbons (Fsp3) is 0.571. The Morgan fingerprint density at radius 2 is 1.87 bits per heavy atom. The molecule has 0 saturated heterocycles. The van der Waals surface area contributed by atoms with Crippen LogP contribution >= 0.6 is 22.6 Å². The third-order valence-electron chi connectivity index (χ3n) is 4.18. The SMILES string of the molecule is IC1c2ccccc2CC2CCCCC21. The quantitative estimate of drug-likeness (QED) is 0.488. The minimum Gasteiger partial charge on any atom is -0.0771 e. The molecule has 0 N–H and O–H groups in total. The van der Waals surface area contributed by atoms with Gasteiger partial charge in [0.25, 0.3) is 0 Å². The summed E-state index contributed by atoms with van der Waals surface area (Å²) in [5.41, 5.74) is 3.25. The molecule has 0 aliphatic heterocycles. The van der Waals surface area contributed by atoms with E-state index in [1.54, 1.807) is 11.1 Å². The van der Waals surface area contributed by atoms with E-state index in [-0.39, 0.29) is 0 Å². The maximum absolute atomic E-state index is 2.68. The van der Waals surface area contributed by atoms with E-state index < -0.39 is 0 Å². The Labute approximate surface area is 106 Å². The molecule has 3 atom stereocenters. The zero-order valence-corrected chi connectivity index (χ0v) is 11.1. The normalized spacial score (nSPS) is 34.3. The second-order valence-electron chi connectivity index (χ2n) is 5.01. The molecule has 80 valence electrons. The van der Waals surface area contributed by atoms with E-state index in [9.17, 15) is 0 Å². The van der Waals surface area contributed by atoms with E-state index in [1.807, 2.05) is 0 Å². The van der Waals surface area contributed by atoms with Crippen molar-refractivity contribution in [1.82, 2.24) is 0 Å². The molecule has 1 fully saturated rings. The first kappa shape index (κ1) is 10.1. The molecule has 1 saturated carbocycles. The van der Waals surface area contributed by atoms with Crippen molar-refractivity contribution in [3.05, 3.63) is 35.4 Å². The molecule has 0 nitrogen and oxygen atoms in total. The van der Waals surface area contributed by atoms with Crippen molar-refractivity contribution >= 4 is 22.6 Å². The van der Waals surface area contributed by atoms with Gasteiger partial charge < -0.3 is 0 Å². The Balaban J connectivity index is 1.98. The topological polar surface area (TPSA) is 0 Å². The van der Waals surface area contributed by atoms with Gasteiger partial charge in [-0.3, -0.25) is 0 Å². The van der Waals surface area contributed by atoms with Crippen LogP contribution in [0.15, 0.2) is 24.3 Å². The maximum atomic E-state index is 2.68. The fourth-order valence-corrected chi connectivity index (χ4v) is 4.93. The Hall–Kier alpha value is -0.0500. The van der Waals surface area contributed by atoms with Crippen molar-refractivity contribution in [1.29, 1.82) is 0 Å². The first-order valence-corrected chi connectivity index (χ1v) is 7.32. The zero-order valence-electron chi connectivity index (χ0n) is 8.95. The Morgan fingerprint density at radius 1 is 1.07 bits per heavy atom. The highest BCUT2D eigenvalue weighted by atomic mass is 127. The minimum absolute atomic E-state index is 0.776. The smallest absolute Gasteiger partial charge is 0.0393 e. The molecule has 0 bridgehead atoms. The van der Waals surface area contributed by atoms with Gasteiger partial charge in [0.2, 0.25) is 0 Å². The van der Waals surface area contributed by atoms with Gasteiger partial charge in [-0.25, -0.2) is 0 Å². The molecule has 15 heavy (non-hydrogen) atoms. The van der Waals surface area contributed by atoms with Crippen LogP contribution in [0.2, 0.25) is 0 Å². The van der Waals surface area contributed by atoms with E-state index in [0.29, 0.717) is 0 Å². The van der Waals surface area contributed by atoms with E-state index in [0.717, 1.165) is 15.8 Å². The van der Waals surface area contributed by atoms with Crippen LogP contribution in [0.4, 0.5) is 0 Å². The van der Waals surface area contributed by atoms with Crippen LogP contribution in [0, 0.1) is 11.8 Å². The van der Waals surface area contributed by atoms with Gasteiger partial charge in [-0.2, -0.15) is 0 Å². The molecular formula is C14H17I. The first-order chi connectivity index (χ1) is 7.36. The predicted molar refractivity (Wildman–Crippen MR) is 72.4 cm³/mol. The van der Waals surface area contributed by atoms with Crippen LogP contribution in [-0.2, 0) is 6.42 Å². The molecule has 0 radical (unpaired) electrons. The molecule has 1 heteroatoms. The second-order valence-corrected chi connectivity index (χ2v) is 6.36. The maximum Gasteiger partial charge on any atom is 0.0393 e. The molecular weight excluding hydrogens is 295 g/mol. The average molecular weight is 312 g/mol. The summed E-state index contributed by atoms with van der Waals surface area (Å²) >= 11 is 2.68. The van der Waals surface area contributed by atoms with Crippen molar-refractivity contribution in [2.75, 3.05) is 0 Å². The average Bonchev–Trinajstić information content (AvgIpc) is 2.30. The van der Waals surface area contributed by atoms with Gasteiger partial charge in [-0.05, 0) is 42.2 Å². The highest BCUT2D eigenvalue weighted by molar-refractivity contribution is 14.1. The van der Waals surface area contributed by atoms with Crippen LogP contribution in [0.5, 0.6) is 0 Å². The van der Waals surface area contributed by atoms with Gasteiger partial charge in [0.15, 0.2) is 0 Å². The number of hydrogen-bond acceptors (Lipinski definition) is 0. The lowest BCUT2D eigenvalue weighted by Crippen LogP contribution is -2.29. The van der Waals surface area contributed by atoms with Crippen molar-refractivity contribution in [2.24, 2.45) is 11.8 Å². The lowest BCUT2D eigenvalue weighted by Gasteiger charge is -2.40. The molecule has 3 unspecified atom stereocenters. The minimum atomic E-state index is 0.776. The number of benzene rings is 1. The predicted octanol–water partition coefficient (Wildman–Crippen LogP) is 4.53. The number of alkyl halides is 1. The molecule has 0 spiro atoms. The summed E-state index contributed by atoms with van der Waals surface area (Å²) in [5, 5.41) is 0. The fourth-order valence-electron chi connectivity index (χ4n) is 3.38. The Kier molecular flexibility index (Phi) is 2.75. The number of fused-ring (bicyclic) bond motifs is 2. The van der Waals surface area contributed by atoms with Gasteiger partial charge >= 0.3 is 0 Å². The van der Waals surface area contributed by atoms with Crippen LogP contribution in [0.1, 0.15) is 40.7 Å². The molecule has 0 heterocycles. The molecule has 2 aliphatic rings. The largest absolute Gasteiger partial charge is 0.0771 e. The van der Waals surface area contributed by atoms with E-state index in [4.69, 9.17) is 0 Å². The molecule has 1 aromatic rings. The third kappa shape index (κ3) is 1.73. The van der Waals surface area contributed by atoms with Gasteiger partial charge in [-0.1, -0.05) is 59.7 Å². The summed E-state index contributed by atoms with van der Waals surface area (Å²) in [4.78, 5) is 0. The molecule has 0 amide bonds. The highest BCUT2D eigenvalue weighted by Gasteiger charge is 2.36. The number of hydrogen-bond donors (Lipinski definition) is 0. The first-order valence-electron chi connectivity index (χ1n) is 6.08. The molecule has 0 aromatic heterocycles. The van der Waals surface area contributed by atoms with Crippen molar-refractivity contribution < 1.29 is 0 Å². The summed E-state index contributed by atoms with van der Waals surface area (Å²) in [6, 6.07) is 9.09. The van der Waals surface area contributed by atoms with Crippen molar-refractivity contribution in [3.63, 3.8) is 0 Å². The lowest BCUT2D eigenvalue weighted by atomic mass is 9.69. The number of halogens is 1. The van der Waals surface area contributed by atoms with Crippen molar-refractivity contribution in [3.8, 4) is 0 Å². The summed E-state index contributed by atoms with van der Waals surface area (Å²) in [6.07, 6.45) is 7.21. The van der Waals surface area contributed by atoms with Gasteiger partial charge in [0.05, 0.1) is 0 Å². The Bertz CT molecular complexity index is 358. The van der Waals surface area contributed by atoms with E-state index in [1.165, 1.54) is 32.1 Å². The van der Waals surface area contributed by atoms with E-state index in [2.05, 4.69) is 46.9 Å². The van der Waals surface area contributed by atoms with Gasteiger partial charge in [0, 0.05) is 3.92 Å². The highest BCUT2D eigenvalue weighted by Crippen LogP contribution is 2.49. The molecule has 2 aliphatic carbocycles. The zero-order chi connectivity index (χ0) is 10.3. The summed E-state index contributed by atoms with van der Waals surface area (Å²) < 4.78 is 0.776. The standard InChI is InChI=1S/C14H17I/c15-14-12-7-3-1-5-10(12)9-11-6-2-4-8-13(11)14/h1,3,5,7,11,13-14H,2,4,6,8-9H2. The lowest BCUT2D eigenvalue weighted by molar-refractivity contribution is 0.222. The number of rotatable bonds is 0.